The maximum atomic E-state index is 12.2. The number of aromatic nitrogens is 5. The van der Waals surface area contributed by atoms with Crippen molar-refractivity contribution in [3.63, 3.8) is 0 Å². The average molecular weight is 540 g/mol. The highest BCUT2D eigenvalue weighted by Crippen LogP contribution is 2.54. The molecule has 2 atom stereocenters. The van der Waals surface area contributed by atoms with Gasteiger partial charge in [-0.3, -0.25) is 0 Å². The minimum Gasteiger partial charge on any atom is -0.395 e. The van der Waals surface area contributed by atoms with Crippen molar-refractivity contribution in [2.45, 2.75) is 50.2 Å². The highest BCUT2D eigenvalue weighted by Gasteiger charge is 2.44. The van der Waals surface area contributed by atoms with Gasteiger partial charge >= 0.3 is 0 Å². The van der Waals surface area contributed by atoms with Gasteiger partial charge in [0.1, 0.15) is 16.8 Å². The first-order valence-corrected chi connectivity index (χ1v) is 14.7. The van der Waals surface area contributed by atoms with E-state index in [-0.39, 0.29) is 5.92 Å². The average Bonchev–Trinajstić information content (AvgIpc) is 3.29. The van der Waals surface area contributed by atoms with Gasteiger partial charge in [0.2, 0.25) is 10.0 Å². The number of benzene rings is 1. The number of sulfonamides is 1. The van der Waals surface area contributed by atoms with Gasteiger partial charge in [-0.25, -0.2) is 28.2 Å². The summed E-state index contributed by atoms with van der Waals surface area (Å²) in [5.74, 6) is 0.937. The molecule has 2 aliphatic heterocycles. The Morgan fingerprint density at radius 2 is 1.92 bits per heavy atom. The lowest BCUT2D eigenvalue weighted by Crippen LogP contribution is -2.35. The molecule has 1 spiro atoms. The van der Waals surface area contributed by atoms with E-state index in [1.807, 2.05) is 31.3 Å². The molecule has 202 valence electrons. The molecule has 1 aliphatic carbocycles. The summed E-state index contributed by atoms with van der Waals surface area (Å²) in [6.45, 7) is 4.43. The van der Waals surface area contributed by atoms with E-state index in [1.54, 1.807) is 10.7 Å². The first-order valence-electron chi connectivity index (χ1n) is 13.1. The summed E-state index contributed by atoms with van der Waals surface area (Å²) < 4.78 is 31.6. The third-order valence-corrected chi connectivity index (χ3v) is 9.44. The summed E-state index contributed by atoms with van der Waals surface area (Å²) in [4.78, 5) is 11.7. The number of primary sulfonamides is 1. The number of aliphatic hydroxyl groups is 1. The standard InChI is InChI=1S/C26H33N7O4S/c1-17-12-20(29-25(28-17)19-4-11-37-16-19)21-14-33(31-30-21)22-3-2-18(24(15-34)38(27,35)36)13-23(22)32-9-7-26(5-6-26)8-10-32/h2-3,12-14,19,24,34H,4-11,15-16H2,1H3,(H2,27,35,36). The zero-order chi connectivity index (χ0) is 26.5. The molecule has 2 aromatic heterocycles. The van der Waals surface area contributed by atoms with Crippen molar-refractivity contribution in [2.24, 2.45) is 10.6 Å². The maximum absolute atomic E-state index is 12.2. The van der Waals surface area contributed by atoms with Gasteiger partial charge in [-0.1, -0.05) is 11.3 Å². The predicted molar refractivity (Wildman–Crippen MR) is 141 cm³/mol. The SMILES string of the molecule is Cc1cc(-c2cn(-c3ccc(C(CO)S(N)(=O)=O)cc3N3CCC4(CC3)CC4)nn2)nc(C2CCOC2)n1. The van der Waals surface area contributed by atoms with Gasteiger partial charge < -0.3 is 14.7 Å². The van der Waals surface area contributed by atoms with E-state index in [2.05, 4.69) is 20.2 Å². The van der Waals surface area contributed by atoms with E-state index < -0.39 is 21.9 Å². The number of nitrogens with two attached hydrogens (primary N) is 1. The Morgan fingerprint density at radius 1 is 1.13 bits per heavy atom. The molecule has 0 radical (unpaired) electrons. The molecule has 3 N–H and O–H groups in total. The minimum absolute atomic E-state index is 0.176. The van der Waals surface area contributed by atoms with E-state index in [9.17, 15) is 13.5 Å². The molecular weight excluding hydrogens is 506 g/mol. The van der Waals surface area contributed by atoms with Crippen LogP contribution in [-0.4, -0.2) is 71.4 Å². The van der Waals surface area contributed by atoms with Crippen molar-refractivity contribution in [2.75, 3.05) is 37.8 Å². The van der Waals surface area contributed by atoms with Crippen LogP contribution in [0.5, 0.6) is 0 Å². The normalized spacial score (nSPS) is 21.7. The molecule has 1 saturated carbocycles. The molecule has 6 rings (SSSR count). The van der Waals surface area contributed by atoms with Crippen molar-refractivity contribution >= 4 is 15.7 Å². The summed E-state index contributed by atoms with van der Waals surface area (Å²) in [6.07, 6.45) is 7.51. The van der Waals surface area contributed by atoms with Gasteiger partial charge in [0.05, 0.1) is 36.5 Å². The fraction of sp³-hybridized carbons (Fsp3) is 0.538. The number of rotatable bonds is 7. The van der Waals surface area contributed by atoms with Crippen molar-refractivity contribution in [1.29, 1.82) is 0 Å². The quantitative estimate of drug-likeness (QED) is 0.461. The third-order valence-electron chi connectivity index (χ3n) is 8.22. The smallest absolute Gasteiger partial charge is 0.218 e. The van der Waals surface area contributed by atoms with Crippen LogP contribution in [0.25, 0.3) is 17.1 Å². The fourth-order valence-electron chi connectivity index (χ4n) is 5.63. The van der Waals surface area contributed by atoms with Crippen LogP contribution in [0, 0.1) is 12.3 Å². The molecule has 1 aromatic carbocycles. The fourth-order valence-corrected chi connectivity index (χ4v) is 6.36. The highest BCUT2D eigenvalue weighted by atomic mass is 32.2. The topological polar surface area (TPSA) is 149 Å². The Kier molecular flexibility index (Phi) is 6.45. The Bertz CT molecular complexity index is 1440. The summed E-state index contributed by atoms with van der Waals surface area (Å²) in [7, 11) is -3.98. The predicted octanol–water partition coefficient (Wildman–Crippen LogP) is 2.24. The first kappa shape index (κ1) is 25.4. The van der Waals surface area contributed by atoms with Crippen molar-refractivity contribution in [3.8, 4) is 17.1 Å². The number of hydrogen-bond acceptors (Lipinski definition) is 9. The number of aryl methyl sites for hydroxylation is 1. The molecule has 38 heavy (non-hydrogen) atoms. The van der Waals surface area contributed by atoms with E-state index in [1.165, 1.54) is 12.8 Å². The largest absolute Gasteiger partial charge is 0.395 e. The van der Waals surface area contributed by atoms with Gasteiger partial charge in [0, 0.05) is 31.3 Å². The summed E-state index contributed by atoms with van der Waals surface area (Å²) in [6, 6.07) is 7.23. The zero-order valence-electron chi connectivity index (χ0n) is 21.5. The number of hydrogen-bond donors (Lipinski definition) is 2. The molecule has 2 saturated heterocycles. The van der Waals surface area contributed by atoms with Crippen LogP contribution in [0.4, 0.5) is 5.69 Å². The molecule has 12 heteroatoms. The molecule has 3 aliphatic rings. The first-order chi connectivity index (χ1) is 18.2. The lowest BCUT2D eigenvalue weighted by molar-refractivity contribution is 0.193. The second-order valence-electron chi connectivity index (χ2n) is 10.9. The van der Waals surface area contributed by atoms with Crippen molar-refractivity contribution in [3.05, 3.63) is 47.5 Å². The number of nitrogens with zero attached hydrogens (tertiary/aromatic N) is 6. The molecule has 3 fully saturated rings. The van der Waals surface area contributed by atoms with Crippen LogP contribution in [0.3, 0.4) is 0 Å². The van der Waals surface area contributed by atoms with Crippen molar-refractivity contribution < 1.29 is 18.3 Å². The van der Waals surface area contributed by atoms with E-state index in [0.29, 0.717) is 35.6 Å². The van der Waals surface area contributed by atoms with Crippen LogP contribution in [0.1, 0.15) is 60.4 Å². The van der Waals surface area contributed by atoms with Crippen LogP contribution in [-0.2, 0) is 14.8 Å². The molecule has 0 amide bonds. The van der Waals surface area contributed by atoms with Crippen molar-refractivity contribution in [1.82, 2.24) is 25.0 Å². The Labute approximate surface area is 222 Å². The van der Waals surface area contributed by atoms with E-state index in [4.69, 9.17) is 14.9 Å². The summed E-state index contributed by atoms with van der Waals surface area (Å²) >= 11 is 0. The summed E-state index contributed by atoms with van der Waals surface area (Å²) in [5, 5.41) is 22.9. The lowest BCUT2D eigenvalue weighted by atomic mass is 9.93. The van der Waals surface area contributed by atoms with Crippen LogP contribution >= 0.6 is 0 Å². The van der Waals surface area contributed by atoms with E-state index in [0.717, 1.165) is 55.2 Å². The molecular formula is C26H33N7O4S. The lowest BCUT2D eigenvalue weighted by Gasteiger charge is -2.35. The second kappa shape index (κ2) is 9.67. The van der Waals surface area contributed by atoms with Gasteiger partial charge in [-0.15, -0.1) is 5.10 Å². The monoisotopic (exact) mass is 539 g/mol. The van der Waals surface area contributed by atoms with Gasteiger partial charge in [-0.2, -0.15) is 0 Å². The van der Waals surface area contributed by atoms with E-state index >= 15 is 0 Å². The van der Waals surface area contributed by atoms with Crippen LogP contribution < -0.4 is 10.0 Å². The molecule has 2 unspecified atom stereocenters. The third kappa shape index (κ3) is 4.93. The Balaban J connectivity index is 1.37. The Morgan fingerprint density at radius 3 is 2.58 bits per heavy atom. The Hall–Kier alpha value is -2.93. The summed E-state index contributed by atoms with van der Waals surface area (Å²) in [5.41, 5.74) is 4.74. The molecule has 3 aromatic rings. The van der Waals surface area contributed by atoms with Gasteiger partial charge in [0.15, 0.2) is 0 Å². The highest BCUT2D eigenvalue weighted by molar-refractivity contribution is 7.89. The number of ether oxygens (including phenoxy) is 1. The molecule has 11 nitrogen and oxygen atoms in total. The number of anilines is 1. The molecule has 0 bridgehead atoms. The van der Waals surface area contributed by atoms with Gasteiger partial charge in [-0.05, 0) is 68.2 Å². The minimum atomic E-state index is -3.98. The number of piperidine rings is 1. The van der Waals surface area contributed by atoms with Crippen LogP contribution in [0.15, 0.2) is 30.5 Å². The zero-order valence-corrected chi connectivity index (χ0v) is 22.3. The van der Waals surface area contributed by atoms with Crippen LogP contribution in [0.2, 0.25) is 0 Å². The van der Waals surface area contributed by atoms with Gasteiger partial charge in [0.25, 0.3) is 0 Å². The maximum Gasteiger partial charge on any atom is 0.218 e. The second-order valence-corrected chi connectivity index (χ2v) is 12.6. The molecule has 4 heterocycles. The number of aliphatic hydroxyl groups excluding tert-OH is 1.